The maximum absolute atomic E-state index is 12.8. The van der Waals surface area contributed by atoms with Crippen LogP contribution in [0, 0.1) is 13.8 Å². The fourth-order valence-corrected chi connectivity index (χ4v) is 3.16. The average molecular weight is 348 g/mol. The van der Waals surface area contributed by atoms with E-state index < -0.39 is 0 Å². The number of carbonyl (C=O) groups is 1. The number of carbonyl (C=O) groups excluding carboxylic acids is 1. The smallest absolute Gasteiger partial charge is 0.253 e. The highest BCUT2D eigenvalue weighted by Gasteiger charge is 2.19. The predicted octanol–water partition coefficient (Wildman–Crippen LogP) is 4.48. The number of fused-ring (bicyclic) bond motifs is 1. The number of rotatable bonds is 5. The average Bonchev–Trinajstić information content (AvgIpc) is 2.62. The van der Waals surface area contributed by atoms with Crippen LogP contribution in [0.2, 0.25) is 0 Å². The summed E-state index contributed by atoms with van der Waals surface area (Å²) in [7, 11) is 0. The molecule has 26 heavy (non-hydrogen) atoms. The number of hydrogen-bond acceptors (Lipinski definition) is 2. The molecule has 1 amide bonds. The van der Waals surface area contributed by atoms with Crippen LogP contribution in [0.15, 0.2) is 53.3 Å². The summed E-state index contributed by atoms with van der Waals surface area (Å²) in [6, 6.07) is 15.5. The molecular formula is C22H24N2O2. The highest BCUT2D eigenvalue weighted by atomic mass is 16.2. The number of aromatic amines is 1. The molecule has 0 atom stereocenters. The highest BCUT2D eigenvalue weighted by molar-refractivity contribution is 5.94. The number of amides is 1. The van der Waals surface area contributed by atoms with Crippen LogP contribution >= 0.6 is 0 Å². The number of hydrogen-bond donors (Lipinski definition) is 1. The standard InChI is InChI=1S/C22H24N2O2/c1-4-8-21(25)24(20-12-7-9-15(2)16(20)3)14-18-13-17-10-5-6-11-19(17)23-22(18)26/h5-7,9-13H,4,8,14H2,1-3H3,(H,23,26). The maximum atomic E-state index is 12.8. The second-order valence-electron chi connectivity index (χ2n) is 6.66. The van der Waals surface area contributed by atoms with Crippen molar-refractivity contribution >= 4 is 22.5 Å². The van der Waals surface area contributed by atoms with Crippen LogP contribution in [-0.2, 0) is 11.3 Å². The Balaban J connectivity index is 2.06. The Morgan fingerprint density at radius 1 is 1.08 bits per heavy atom. The van der Waals surface area contributed by atoms with Crippen LogP contribution in [0.1, 0.15) is 36.5 Å². The summed E-state index contributed by atoms with van der Waals surface area (Å²) in [4.78, 5) is 30.0. The second-order valence-corrected chi connectivity index (χ2v) is 6.66. The zero-order valence-electron chi connectivity index (χ0n) is 15.5. The molecule has 0 spiro atoms. The third kappa shape index (κ3) is 3.54. The van der Waals surface area contributed by atoms with Gasteiger partial charge in [0, 0.05) is 23.2 Å². The number of nitrogens with zero attached hydrogens (tertiary/aromatic N) is 1. The van der Waals surface area contributed by atoms with E-state index in [-0.39, 0.29) is 18.0 Å². The lowest BCUT2D eigenvalue weighted by Gasteiger charge is -2.25. The van der Waals surface area contributed by atoms with E-state index in [2.05, 4.69) is 4.98 Å². The quantitative estimate of drug-likeness (QED) is 0.739. The van der Waals surface area contributed by atoms with Crippen LogP contribution in [0.4, 0.5) is 5.69 Å². The summed E-state index contributed by atoms with van der Waals surface area (Å²) in [5.74, 6) is 0.0359. The van der Waals surface area contributed by atoms with Crippen molar-refractivity contribution in [3.05, 3.63) is 75.6 Å². The van der Waals surface area contributed by atoms with Crippen LogP contribution in [0.25, 0.3) is 10.9 Å². The van der Waals surface area contributed by atoms with E-state index in [9.17, 15) is 9.59 Å². The topological polar surface area (TPSA) is 53.2 Å². The Kier molecular flexibility index (Phi) is 5.21. The summed E-state index contributed by atoms with van der Waals surface area (Å²) < 4.78 is 0. The largest absolute Gasteiger partial charge is 0.322 e. The Bertz CT molecular complexity index is 1000. The van der Waals surface area contributed by atoms with Crippen LogP contribution in [0.3, 0.4) is 0 Å². The van der Waals surface area contributed by atoms with Crippen LogP contribution in [-0.4, -0.2) is 10.9 Å². The molecule has 134 valence electrons. The minimum absolute atomic E-state index is 0.0359. The van der Waals surface area contributed by atoms with Gasteiger partial charge < -0.3 is 9.88 Å². The molecule has 0 saturated carbocycles. The maximum Gasteiger partial charge on any atom is 0.253 e. The molecule has 1 heterocycles. The molecule has 1 N–H and O–H groups in total. The van der Waals surface area contributed by atoms with E-state index in [4.69, 9.17) is 0 Å². The van der Waals surface area contributed by atoms with Gasteiger partial charge in [-0.05, 0) is 55.0 Å². The van der Waals surface area contributed by atoms with Gasteiger partial charge >= 0.3 is 0 Å². The lowest BCUT2D eigenvalue weighted by Crippen LogP contribution is -2.33. The normalized spacial score (nSPS) is 10.9. The molecule has 0 aliphatic carbocycles. The number of nitrogens with one attached hydrogen (secondary N) is 1. The molecule has 2 aromatic carbocycles. The van der Waals surface area contributed by atoms with Gasteiger partial charge in [-0.2, -0.15) is 0 Å². The monoisotopic (exact) mass is 348 g/mol. The second kappa shape index (κ2) is 7.56. The van der Waals surface area contributed by atoms with E-state index in [1.54, 1.807) is 4.90 Å². The minimum Gasteiger partial charge on any atom is -0.322 e. The van der Waals surface area contributed by atoms with Gasteiger partial charge in [0.15, 0.2) is 0 Å². The molecule has 4 nitrogen and oxygen atoms in total. The Hall–Kier alpha value is -2.88. The zero-order valence-corrected chi connectivity index (χ0v) is 15.5. The fraction of sp³-hybridized carbons (Fsp3) is 0.273. The molecule has 3 aromatic rings. The molecule has 0 saturated heterocycles. The molecule has 1 aromatic heterocycles. The molecule has 0 bridgehead atoms. The van der Waals surface area contributed by atoms with Gasteiger partial charge in [0.05, 0.1) is 6.54 Å². The third-order valence-corrected chi connectivity index (χ3v) is 4.79. The number of para-hydroxylation sites is 1. The van der Waals surface area contributed by atoms with Crippen molar-refractivity contribution in [2.45, 2.75) is 40.2 Å². The van der Waals surface area contributed by atoms with Crippen molar-refractivity contribution < 1.29 is 4.79 Å². The van der Waals surface area contributed by atoms with Gasteiger partial charge in [0.1, 0.15) is 0 Å². The van der Waals surface area contributed by atoms with Gasteiger partial charge in [0.25, 0.3) is 5.56 Å². The fourth-order valence-electron chi connectivity index (χ4n) is 3.16. The third-order valence-electron chi connectivity index (χ3n) is 4.79. The lowest BCUT2D eigenvalue weighted by molar-refractivity contribution is -0.118. The molecule has 3 rings (SSSR count). The predicted molar refractivity (Wildman–Crippen MR) is 107 cm³/mol. The summed E-state index contributed by atoms with van der Waals surface area (Å²) in [5.41, 5.74) is 4.31. The molecule has 4 heteroatoms. The number of pyridine rings is 1. The van der Waals surface area contributed by atoms with Crippen molar-refractivity contribution in [3.8, 4) is 0 Å². The van der Waals surface area contributed by atoms with Crippen molar-refractivity contribution in [2.75, 3.05) is 4.90 Å². The van der Waals surface area contributed by atoms with Gasteiger partial charge in [-0.3, -0.25) is 9.59 Å². The zero-order chi connectivity index (χ0) is 18.7. The summed E-state index contributed by atoms with van der Waals surface area (Å²) in [5, 5.41) is 0.964. The number of benzene rings is 2. The Morgan fingerprint density at radius 2 is 1.85 bits per heavy atom. The first-order valence-corrected chi connectivity index (χ1v) is 8.98. The number of anilines is 1. The van der Waals surface area contributed by atoms with Crippen molar-refractivity contribution in [3.63, 3.8) is 0 Å². The first-order chi connectivity index (χ1) is 12.5. The molecule has 0 aliphatic rings. The molecule has 0 fully saturated rings. The van der Waals surface area contributed by atoms with E-state index in [0.717, 1.165) is 34.1 Å². The first kappa shape index (κ1) is 17.9. The van der Waals surface area contributed by atoms with Crippen LogP contribution in [0.5, 0.6) is 0 Å². The number of aryl methyl sites for hydroxylation is 1. The van der Waals surface area contributed by atoms with Crippen molar-refractivity contribution in [2.24, 2.45) is 0 Å². The van der Waals surface area contributed by atoms with Gasteiger partial charge in [-0.25, -0.2) is 0 Å². The highest BCUT2D eigenvalue weighted by Crippen LogP contribution is 2.25. The van der Waals surface area contributed by atoms with Gasteiger partial charge in [-0.15, -0.1) is 0 Å². The minimum atomic E-state index is -0.150. The van der Waals surface area contributed by atoms with E-state index >= 15 is 0 Å². The summed E-state index contributed by atoms with van der Waals surface area (Å²) in [6.07, 6.45) is 1.23. The Labute approximate surface area is 153 Å². The lowest BCUT2D eigenvalue weighted by atomic mass is 10.1. The molecule has 0 unspecified atom stereocenters. The van der Waals surface area contributed by atoms with E-state index in [1.165, 1.54) is 0 Å². The van der Waals surface area contributed by atoms with Gasteiger partial charge in [-0.1, -0.05) is 37.3 Å². The van der Waals surface area contributed by atoms with Crippen molar-refractivity contribution in [1.29, 1.82) is 0 Å². The first-order valence-electron chi connectivity index (χ1n) is 8.98. The number of aromatic nitrogens is 1. The number of H-pyrrole nitrogens is 1. The molecule has 0 radical (unpaired) electrons. The molecular weight excluding hydrogens is 324 g/mol. The Morgan fingerprint density at radius 3 is 2.62 bits per heavy atom. The SMILES string of the molecule is CCCC(=O)N(Cc1cc2ccccc2[nH]c1=O)c1cccc(C)c1C. The van der Waals surface area contributed by atoms with E-state index in [0.29, 0.717) is 12.0 Å². The van der Waals surface area contributed by atoms with Crippen LogP contribution < -0.4 is 10.5 Å². The van der Waals surface area contributed by atoms with Crippen molar-refractivity contribution in [1.82, 2.24) is 4.98 Å². The molecule has 0 aliphatic heterocycles. The van der Waals surface area contributed by atoms with E-state index in [1.807, 2.05) is 69.3 Å². The summed E-state index contributed by atoms with van der Waals surface area (Å²) in [6.45, 7) is 6.30. The summed E-state index contributed by atoms with van der Waals surface area (Å²) >= 11 is 0. The van der Waals surface area contributed by atoms with Gasteiger partial charge in [0.2, 0.25) is 5.91 Å².